The quantitative estimate of drug-likeness (QED) is 0.454. The molecule has 0 saturated carbocycles. The Kier molecular flexibility index (Phi) is 9.10. The number of fused-ring (bicyclic) bond motifs is 1. The summed E-state index contributed by atoms with van der Waals surface area (Å²) in [5.41, 5.74) is 3.50. The highest BCUT2D eigenvalue weighted by Crippen LogP contribution is 2.31. The molecule has 3 aromatic rings. The molecule has 1 aromatic heterocycles. The highest BCUT2D eigenvalue weighted by Gasteiger charge is 2.32. The third-order valence-electron chi connectivity index (χ3n) is 7.81. The van der Waals surface area contributed by atoms with Gasteiger partial charge in [0.15, 0.2) is 0 Å². The first-order valence-corrected chi connectivity index (χ1v) is 14.5. The van der Waals surface area contributed by atoms with E-state index in [2.05, 4.69) is 15.3 Å². The SMILES string of the molecule is Cc1ccn(-c2ccc(C(=O)N3C[C@@H](C)N(C(=O)NCC(=O)N4CCN(CCO)CC4)Cc4ccccc43)c(Cl)c2)n1. The molecule has 0 unspecified atom stereocenters. The molecule has 2 aliphatic heterocycles. The molecule has 2 aliphatic rings. The Hall–Kier alpha value is -3.93. The average Bonchev–Trinajstić information content (AvgIpc) is 3.37. The molecule has 0 aliphatic carbocycles. The lowest BCUT2D eigenvalue weighted by atomic mass is 10.1. The second kappa shape index (κ2) is 12.9. The van der Waals surface area contributed by atoms with Gasteiger partial charge in [-0.15, -0.1) is 0 Å². The number of hydrogen-bond donors (Lipinski definition) is 2. The first-order chi connectivity index (χ1) is 20.2. The number of halogens is 1. The Labute approximate surface area is 250 Å². The molecule has 3 heterocycles. The fourth-order valence-electron chi connectivity index (χ4n) is 5.42. The van der Waals surface area contributed by atoms with Crippen LogP contribution in [-0.4, -0.2) is 106 Å². The van der Waals surface area contributed by atoms with Gasteiger partial charge in [0.1, 0.15) is 0 Å². The number of carbonyl (C=O) groups excluding carboxylic acids is 3. The number of aromatic nitrogens is 2. The summed E-state index contributed by atoms with van der Waals surface area (Å²) in [4.78, 5) is 47.2. The lowest BCUT2D eigenvalue weighted by Gasteiger charge is -2.34. The van der Waals surface area contributed by atoms with E-state index >= 15 is 0 Å². The van der Waals surface area contributed by atoms with Crippen molar-refractivity contribution in [3.05, 3.63) is 76.6 Å². The number of carbonyl (C=O) groups is 3. The minimum atomic E-state index is -0.365. The third kappa shape index (κ3) is 6.43. The lowest BCUT2D eigenvalue weighted by Crippen LogP contribution is -2.53. The number of anilines is 1. The van der Waals surface area contributed by atoms with Gasteiger partial charge < -0.3 is 25.1 Å². The van der Waals surface area contributed by atoms with Gasteiger partial charge in [0.05, 0.1) is 35.1 Å². The van der Waals surface area contributed by atoms with Crippen LogP contribution in [-0.2, 0) is 11.3 Å². The van der Waals surface area contributed by atoms with Crippen molar-refractivity contribution in [1.82, 2.24) is 29.8 Å². The minimum Gasteiger partial charge on any atom is -0.395 e. The first kappa shape index (κ1) is 29.6. The molecule has 1 fully saturated rings. The maximum Gasteiger partial charge on any atom is 0.318 e. The van der Waals surface area contributed by atoms with Crippen LogP contribution in [0.4, 0.5) is 10.5 Å². The summed E-state index contributed by atoms with van der Waals surface area (Å²) < 4.78 is 1.71. The molecule has 0 bridgehead atoms. The molecule has 12 heteroatoms. The Morgan fingerprint density at radius 2 is 1.83 bits per heavy atom. The first-order valence-electron chi connectivity index (χ1n) is 14.1. The number of aliphatic hydroxyl groups excluding tert-OH is 1. The number of aryl methyl sites for hydroxylation is 1. The Morgan fingerprint density at radius 3 is 2.52 bits per heavy atom. The van der Waals surface area contributed by atoms with E-state index in [-0.39, 0.29) is 50.1 Å². The number of nitrogens with zero attached hydrogens (tertiary/aromatic N) is 6. The topological polar surface area (TPSA) is 114 Å². The summed E-state index contributed by atoms with van der Waals surface area (Å²) in [5.74, 6) is -0.407. The van der Waals surface area contributed by atoms with E-state index in [9.17, 15) is 14.4 Å². The largest absolute Gasteiger partial charge is 0.395 e. The van der Waals surface area contributed by atoms with E-state index in [1.54, 1.807) is 31.5 Å². The van der Waals surface area contributed by atoms with E-state index in [4.69, 9.17) is 16.7 Å². The van der Waals surface area contributed by atoms with E-state index < -0.39 is 0 Å². The normalized spacial score (nSPS) is 17.5. The zero-order chi connectivity index (χ0) is 29.8. The fourth-order valence-corrected chi connectivity index (χ4v) is 5.68. The van der Waals surface area contributed by atoms with Crippen LogP contribution in [0, 0.1) is 6.92 Å². The summed E-state index contributed by atoms with van der Waals surface area (Å²) in [6, 6.07) is 13.9. The molecule has 1 saturated heterocycles. The Morgan fingerprint density at radius 1 is 1.07 bits per heavy atom. The number of para-hydroxylation sites is 1. The van der Waals surface area contributed by atoms with E-state index in [1.807, 2.05) is 56.4 Å². The smallest absolute Gasteiger partial charge is 0.318 e. The number of benzene rings is 2. The van der Waals surface area contributed by atoms with Crippen molar-refractivity contribution in [3.8, 4) is 5.69 Å². The van der Waals surface area contributed by atoms with Crippen LogP contribution in [0.15, 0.2) is 54.7 Å². The van der Waals surface area contributed by atoms with E-state index in [1.165, 1.54) is 0 Å². The summed E-state index contributed by atoms with van der Waals surface area (Å²) >= 11 is 6.63. The van der Waals surface area contributed by atoms with E-state index in [0.717, 1.165) is 16.9 Å². The van der Waals surface area contributed by atoms with Gasteiger partial charge in [-0.05, 0) is 49.7 Å². The molecule has 2 N–H and O–H groups in total. The number of β-amino-alcohol motifs (C(OH)–C–C–N with tert-alkyl or cyclic N) is 1. The zero-order valence-corrected chi connectivity index (χ0v) is 24.6. The van der Waals surface area contributed by atoms with Gasteiger partial charge >= 0.3 is 6.03 Å². The molecule has 2 aromatic carbocycles. The summed E-state index contributed by atoms with van der Waals surface area (Å²) in [6.45, 7) is 7.41. The average molecular weight is 594 g/mol. The number of amides is 4. The molecule has 4 amide bonds. The van der Waals surface area contributed by atoms with Crippen molar-refractivity contribution in [3.63, 3.8) is 0 Å². The molecule has 42 heavy (non-hydrogen) atoms. The van der Waals surface area contributed by atoms with Gasteiger partial charge in [0.2, 0.25) is 5.91 Å². The van der Waals surface area contributed by atoms with Crippen LogP contribution in [0.5, 0.6) is 0 Å². The maximum atomic E-state index is 13.9. The summed E-state index contributed by atoms with van der Waals surface area (Å²) in [5, 5.41) is 16.6. The van der Waals surface area contributed by atoms with Crippen molar-refractivity contribution in [1.29, 1.82) is 0 Å². The van der Waals surface area contributed by atoms with Crippen molar-refractivity contribution in [2.75, 3.05) is 57.3 Å². The van der Waals surface area contributed by atoms with Crippen LogP contribution >= 0.6 is 11.6 Å². The molecule has 0 radical (unpaired) electrons. The standard InChI is InChI=1S/C30H36ClN7O4/c1-21-9-10-38(33-21)24-7-8-25(26(31)17-24)29(41)37-19-22(2)36(20-23-5-3-4-6-27(23)37)30(42)32-18-28(40)35-13-11-34(12-14-35)15-16-39/h3-10,17,22,39H,11-16,18-20H2,1-2H3,(H,32,42)/t22-/m1/s1. The van der Waals surface area contributed by atoms with Crippen LogP contribution in [0.25, 0.3) is 5.69 Å². The summed E-state index contributed by atoms with van der Waals surface area (Å²) in [6.07, 6.45) is 1.83. The number of nitrogens with one attached hydrogen (secondary N) is 1. The predicted molar refractivity (Wildman–Crippen MR) is 160 cm³/mol. The number of urea groups is 1. The van der Waals surface area contributed by atoms with Crippen molar-refractivity contribution in [2.45, 2.75) is 26.4 Å². The van der Waals surface area contributed by atoms with Crippen LogP contribution in [0.1, 0.15) is 28.5 Å². The van der Waals surface area contributed by atoms with Crippen LogP contribution < -0.4 is 10.2 Å². The summed E-state index contributed by atoms with van der Waals surface area (Å²) in [7, 11) is 0. The number of aliphatic hydroxyl groups is 1. The number of rotatable bonds is 6. The Balaban J connectivity index is 1.28. The maximum absolute atomic E-state index is 13.9. The molecule has 222 valence electrons. The van der Waals surface area contributed by atoms with Gasteiger partial charge in [0.25, 0.3) is 5.91 Å². The molecular weight excluding hydrogens is 558 g/mol. The molecule has 0 spiro atoms. The minimum absolute atomic E-state index is 0.0926. The number of hydrogen-bond acceptors (Lipinski definition) is 6. The van der Waals surface area contributed by atoms with Gasteiger partial charge in [-0.25, -0.2) is 9.48 Å². The molecular formula is C30H36ClN7O4. The second-order valence-electron chi connectivity index (χ2n) is 10.7. The highest BCUT2D eigenvalue weighted by atomic mass is 35.5. The van der Waals surface area contributed by atoms with Gasteiger partial charge in [-0.1, -0.05) is 29.8 Å². The van der Waals surface area contributed by atoms with Gasteiger partial charge in [-0.2, -0.15) is 5.10 Å². The predicted octanol–water partition coefficient (Wildman–Crippen LogP) is 2.53. The molecule has 1 atom stereocenters. The molecule has 5 rings (SSSR count). The van der Waals surface area contributed by atoms with Crippen LogP contribution in [0.3, 0.4) is 0 Å². The van der Waals surface area contributed by atoms with E-state index in [0.29, 0.717) is 49.0 Å². The van der Waals surface area contributed by atoms with Gasteiger partial charge in [0, 0.05) is 63.7 Å². The highest BCUT2D eigenvalue weighted by molar-refractivity contribution is 6.34. The van der Waals surface area contributed by atoms with Crippen molar-refractivity contribution in [2.24, 2.45) is 0 Å². The van der Waals surface area contributed by atoms with Crippen molar-refractivity contribution >= 4 is 35.1 Å². The third-order valence-corrected chi connectivity index (χ3v) is 8.12. The van der Waals surface area contributed by atoms with Gasteiger partial charge in [-0.3, -0.25) is 14.5 Å². The Bertz CT molecular complexity index is 1450. The fraction of sp³-hybridized carbons (Fsp3) is 0.400. The monoisotopic (exact) mass is 593 g/mol. The number of piperazine rings is 1. The second-order valence-corrected chi connectivity index (χ2v) is 11.1. The zero-order valence-electron chi connectivity index (χ0n) is 23.9. The van der Waals surface area contributed by atoms with Crippen molar-refractivity contribution < 1.29 is 19.5 Å². The lowest BCUT2D eigenvalue weighted by molar-refractivity contribution is -0.131. The molecule has 11 nitrogen and oxygen atoms in total. The van der Waals surface area contributed by atoms with Crippen LogP contribution in [0.2, 0.25) is 5.02 Å².